The van der Waals surface area contributed by atoms with E-state index in [1.165, 1.54) is 16.5 Å². The van der Waals surface area contributed by atoms with Crippen LogP contribution in [0.5, 0.6) is 0 Å². The van der Waals surface area contributed by atoms with Gasteiger partial charge in [0.2, 0.25) is 0 Å². The Morgan fingerprint density at radius 3 is 2.95 bits per heavy atom. The predicted octanol–water partition coefficient (Wildman–Crippen LogP) is 4.03. The molecular weight excluding hydrogens is 271 g/mol. The number of nitrogens with zero attached hydrogens (tertiary/aromatic N) is 1. The van der Waals surface area contributed by atoms with Crippen LogP contribution in [0.3, 0.4) is 0 Å². The van der Waals surface area contributed by atoms with Gasteiger partial charge in [0.25, 0.3) is 0 Å². The molecule has 0 spiro atoms. The van der Waals surface area contributed by atoms with Crippen LogP contribution in [0.1, 0.15) is 41.9 Å². The summed E-state index contributed by atoms with van der Waals surface area (Å²) in [7, 11) is 0. The number of fused-ring (bicyclic) bond motifs is 1. The maximum Gasteiger partial charge on any atom is 0.130 e. The summed E-state index contributed by atoms with van der Waals surface area (Å²) in [4.78, 5) is 3.73. The van der Waals surface area contributed by atoms with Crippen molar-refractivity contribution in [3.05, 3.63) is 51.5 Å². The van der Waals surface area contributed by atoms with Crippen LogP contribution >= 0.6 is 11.3 Å². The Bertz CT molecular complexity index is 621. The highest BCUT2D eigenvalue weighted by Gasteiger charge is 2.27. The van der Waals surface area contributed by atoms with Crippen molar-refractivity contribution in [2.45, 2.75) is 32.4 Å². The number of rotatable bonds is 2. The van der Waals surface area contributed by atoms with E-state index in [0.717, 1.165) is 18.7 Å². The molecule has 2 atom stereocenters. The SMILES string of the molecule is CC1c2ccsc2CCN1c1cccc(F)c1[C@@H](C)N. The van der Waals surface area contributed by atoms with E-state index in [9.17, 15) is 4.39 Å². The molecule has 0 aliphatic carbocycles. The van der Waals surface area contributed by atoms with Crippen molar-refractivity contribution in [3.63, 3.8) is 0 Å². The fraction of sp³-hybridized carbons (Fsp3) is 0.375. The number of anilines is 1. The topological polar surface area (TPSA) is 29.3 Å². The van der Waals surface area contributed by atoms with Crippen LogP contribution < -0.4 is 10.6 Å². The van der Waals surface area contributed by atoms with Crippen LogP contribution in [0, 0.1) is 5.82 Å². The second kappa shape index (κ2) is 5.19. The van der Waals surface area contributed by atoms with E-state index in [2.05, 4.69) is 23.3 Å². The fourth-order valence-electron chi connectivity index (χ4n) is 3.07. The average molecular weight is 290 g/mol. The van der Waals surface area contributed by atoms with Gasteiger partial charge in [0, 0.05) is 28.7 Å². The molecule has 1 aliphatic rings. The number of thiophene rings is 1. The molecule has 4 heteroatoms. The van der Waals surface area contributed by atoms with Crippen molar-refractivity contribution >= 4 is 17.0 Å². The average Bonchev–Trinajstić information content (AvgIpc) is 2.87. The first-order valence-corrected chi connectivity index (χ1v) is 7.84. The molecule has 1 aliphatic heterocycles. The fourth-order valence-corrected chi connectivity index (χ4v) is 4.03. The van der Waals surface area contributed by atoms with Gasteiger partial charge >= 0.3 is 0 Å². The molecule has 1 aromatic heterocycles. The molecule has 20 heavy (non-hydrogen) atoms. The molecule has 3 rings (SSSR count). The predicted molar refractivity (Wildman–Crippen MR) is 82.8 cm³/mol. The van der Waals surface area contributed by atoms with Gasteiger partial charge in [0.05, 0.1) is 6.04 Å². The van der Waals surface area contributed by atoms with Gasteiger partial charge in [-0.15, -0.1) is 11.3 Å². The molecule has 1 unspecified atom stereocenters. The number of nitrogens with two attached hydrogens (primary N) is 1. The van der Waals surface area contributed by atoms with Gasteiger partial charge in [0.15, 0.2) is 0 Å². The van der Waals surface area contributed by atoms with Gasteiger partial charge in [-0.25, -0.2) is 4.39 Å². The number of halogens is 1. The lowest BCUT2D eigenvalue weighted by atomic mass is 9.97. The van der Waals surface area contributed by atoms with Crippen LogP contribution in [0.2, 0.25) is 0 Å². The van der Waals surface area contributed by atoms with Crippen LogP contribution in [0.4, 0.5) is 10.1 Å². The Kier molecular flexibility index (Phi) is 3.52. The second-order valence-electron chi connectivity index (χ2n) is 5.38. The van der Waals surface area contributed by atoms with Gasteiger partial charge in [-0.1, -0.05) is 6.07 Å². The molecule has 0 fully saturated rings. The smallest absolute Gasteiger partial charge is 0.130 e. The molecule has 0 bridgehead atoms. The third-order valence-corrected chi connectivity index (χ3v) is 5.07. The second-order valence-corrected chi connectivity index (χ2v) is 6.38. The van der Waals surface area contributed by atoms with E-state index in [0.29, 0.717) is 5.56 Å². The molecule has 0 radical (unpaired) electrons. The molecule has 0 saturated heterocycles. The third kappa shape index (κ3) is 2.13. The molecule has 0 saturated carbocycles. The number of benzene rings is 1. The lowest BCUT2D eigenvalue weighted by Gasteiger charge is -2.37. The van der Waals surface area contributed by atoms with Crippen LogP contribution in [0.15, 0.2) is 29.6 Å². The maximum atomic E-state index is 14.1. The molecule has 1 aromatic carbocycles. The van der Waals surface area contributed by atoms with E-state index in [1.54, 1.807) is 6.07 Å². The van der Waals surface area contributed by atoms with Crippen molar-refractivity contribution in [1.82, 2.24) is 0 Å². The molecule has 2 nitrogen and oxygen atoms in total. The van der Waals surface area contributed by atoms with Crippen molar-refractivity contribution in [2.75, 3.05) is 11.4 Å². The standard InChI is InChI=1S/C16H19FN2S/c1-10(18)16-13(17)4-3-5-14(16)19-8-6-15-12(11(19)2)7-9-20-15/h3-5,7,9-11H,6,8,18H2,1-2H3/t10-,11?/m1/s1. The highest BCUT2D eigenvalue weighted by atomic mass is 32.1. The van der Waals surface area contributed by atoms with Gasteiger partial charge in [0.1, 0.15) is 5.82 Å². The van der Waals surface area contributed by atoms with Gasteiger partial charge < -0.3 is 10.6 Å². The molecule has 2 heterocycles. The molecule has 106 valence electrons. The maximum absolute atomic E-state index is 14.1. The summed E-state index contributed by atoms with van der Waals surface area (Å²) in [5.41, 5.74) is 8.90. The largest absolute Gasteiger partial charge is 0.364 e. The van der Waals surface area contributed by atoms with E-state index in [1.807, 2.05) is 24.3 Å². The van der Waals surface area contributed by atoms with E-state index in [4.69, 9.17) is 5.73 Å². The van der Waals surface area contributed by atoms with Crippen molar-refractivity contribution in [3.8, 4) is 0 Å². The Labute approximate surface area is 123 Å². The first kappa shape index (κ1) is 13.6. The zero-order valence-electron chi connectivity index (χ0n) is 11.8. The van der Waals surface area contributed by atoms with Gasteiger partial charge in [-0.2, -0.15) is 0 Å². The highest BCUT2D eigenvalue weighted by Crippen LogP contribution is 2.39. The molecule has 2 aromatic rings. The summed E-state index contributed by atoms with van der Waals surface area (Å²) in [5.74, 6) is -0.208. The quantitative estimate of drug-likeness (QED) is 0.904. The van der Waals surface area contributed by atoms with Crippen LogP contribution in [-0.2, 0) is 6.42 Å². The van der Waals surface area contributed by atoms with E-state index >= 15 is 0 Å². The highest BCUT2D eigenvalue weighted by molar-refractivity contribution is 7.10. The first-order valence-electron chi connectivity index (χ1n) is 6.96. The third-order valence-electron chi connectivity index (χ3n) is 4.07. The minimum absolute atomic E-state index is 0.208. The summed E-state index contributed by atoms with van der Waals surface area (Å²) >= 11 is 1.81. The lowest BCUT2D eigenvalue weighted by Crippen LogP contribution is -2.34. The first-order chi connectivity index (χ1) is 9.59. The van der Waals surface area contributed by atoms with E-state index in [-0.39, 0.29) is 17.9 Å². The molecule has 0 amide bonds. The van der Waals surface area contributed by atoms with Gasteiger partial charge in [-0.3, -0.25) is 0 Å². The van der Waals surface area contributed by atoms with Crippen molar-refractivity contribution < 1.29 is 4.39 Å². The van der Waals surface area contributed by atoms with Crippen LogP contribution in [0.25, 0.3) is 0 Å². The number of hydrogen-bond acceptors (Lipinski definition) is 3. The normalized spacial score (nSPS) is 19.8. The summed E-state index contributed by atoms with van der Waals surface area (Å²) in [6.07, 6.45) is 1.02. The Morgan fingerprint density at radius 2 is 2.20 bits per heavy atom. The van der Waals surface area contributed by atoms with Crippen LogP contribution in [-0.4, -0.2) is 6.54 Å². The Hall–Kier alpha value is -1.39. The minimum Gasteiger partial charge on any atom is -0.364 e. The zero-order chi connectivity index (χ0) is 14.3. The van der Waals surface area contributed by atoms with Crippen molar-refractivity contribution in [1.29, 1.82) is 0 Å². The number of hydrogen-bond donors (Lipinski definition) is 1. The summed E-state index contributed by atoms with van der Waals surface area (Å²) in [6, 6.07) is 7.39. The molecular formula is C16H19FN2S. The minimum atomic E-state index is -0.303. The van der Waals surface area contributed by atoms with E-state index < -0.39 is 0 Å². The molecule has 2 N–H and O–H groups in total. The summed E-state index contributed by atoms with van der Waals surface area (Å²) in [5, 5.41) is 2.14. The van der Waals surface area contributed by atoms with Gasteiger partial charge in [-0.05, 0) is 49.4 Å². The van der Waals surface area contributed by atoms with Crippen molar-refractivity contribution in [2.24, 2.45) is 5.73 Å². The Morgan fingerprint density at radius 1 is 1.40 bits per heavy atom. The Balaban J connectivity index is 2.05. The zero-order valence-corrected chi connectivity index (χ0v) is 12.6. The lowest BCUT2D eigenvalue weighted by molar-refractivity contribution is 0.580. The monoisotopic (exact) mass is 290 g/mol. The summed E-state index contributed by atoms with van der Waals surface area (Å²) in [6.45, 7) is 4.94. The summed E-state index contributed by atoms with van der Waals surface area (Å²) < 4.78 is 14.1.